The SMILES string of the molecule is CC(C)(C(=O)Nc1ccc(-c2cnccn2)cc1)c1csc(N)n1. The third kappa shape index (κ3) is 3.26. The summed E-state index contributed by atoms with van der Waals surface area (Å²) in [5, 5.41) is 5.19. The third-order valence-electron chi connectivity index (χ3n) is 3.73. The van der Waals surface area contributed by atoms with Crippen molar-refractivity contribution in [3.63, 3.8) is 0 Å². The molecule has 3 N–H and O–H groups in total. The summed E-state index contributed by atoms with van der Waals surface area (Å²) in [5.74, 6) is -0.139. The van der Waals surface area contributed by atoms with Gasteiger partial charge in [-0.3, -0.25) is 14.8 Å². The Bertz CT molecular complexity index is 843. The minimum Gasteiger partial charge on any atom is -0.375 e. The summed E-state index contributed by atoms with van der Waals surface area (Å²) in [4.78, 5) is 25.1. The van der Waals surface area contributed by atoms with Crippen LogP contribution in [0, 0.1) is 0 Å². The average molecular weight is 339 g/mol. The molecule has 0 saturated carbocycles. The Hall–Kier alpha value is -2.80. The Morgan fingerprint density at radius 2 is 1.96 bits per heavy atom. The molecule has 2 aromatic heterocycles. The average Bonchev–Trinajstić information content (AvgIpc) is 3.03. The highest BCUT2D eigenvalue weighted by molar-refractivity contribution is 7.13. The van der Waals surface area contributed by atoms with E-state index in [4.69, 9.17) is 5.73 Å². The van der Waals surface area contributed by atoms with Crippen LogP contribution in [0.1, 0.15) is 19.5 Å². The summed E-state index contributed by atoms with van der Waals surface area (Å²) < 4.78 is 0. The fourth-order valence-electron chi connectivity index (χ4n) is 2.15. The maximum absolute atomic E-state index is 12.6. The molecule has 1 amide bonds. The van der Waals surface area contributed by atoms with E-state index in [0.29, 0.717) is 16.5 Å². The fraction of sp³-hybridized carbons (Fsp3) is 0.176. The minimum absolute atomic E-state index is 0.139. The van der Waals surface area contributed by atoms with Gasteiger partial charge >= 0.3 is 0 Å². The van der Waals surface area contributed by atoms with Crippen molar-refractivity contribution < 1.29 is 4.79 Å². The number of carbonyl (C=O) groups excluding carboxylic acids is 1. The van der Waals surface area contributed by atoms with Crippen LogP contribution in [0.5, 0.6) is 0 Å². The van der Waals surface area contributed by atoms with E-state index in [1.807, 2.05) is 43.5 Å². The van der Waals surface area contributed by atoms with E-state index < -0.39 is 5.41 Å². The lowest BCUT2D eigenvalue weighted by Crippen LogP contribution is -2.35. The molecular formula is C17H17N5OS. The molecule has 24 heavy (non-hydrogen) atoms. The zero-order valence-corrected chi connectivity index (χ0v) is 14.2. The smallest absolute Gasteiger partial charge is 0.236 e. The van der Waals surface area contributed by atoms with Crippen molar-refractivity contribution in [3.8, 4) is 11.3 Å². The van der Waals surface area contributed by atoms with E-state index >= 15 is 0 Å². The zero-order valence-electron chi connectivity index (χ0n) is 13.4. The quantitative estimate of drug-likeness (QED) is 0.762. The number of rotatable bonds is 4. The number of hydrogen-bond donors (Lipinski definition) is 2. The second-order valence-corrected chi connectivity index (χ2v) is 6.71. The number of aromatic nitrogens is 3. The van der Waals surface area contributed by atoms with Gasteiger partial charge in [0.25, 0.3) is 0 Å². The first-order valence-corrected chi connectivity index (χ1v) is 8.24. The molecule has 3 aromatic rings. The normalized spacial score (nSPS) is 11.2. The van der Waals surface area contributed by atoms with Gasteiger partial charge in [-0.2, -0.15) is 0 Å². The fourth-order valence-corrected chi connectivity index (χ4v) is 2.88. The molecule has 0 aliphatic carbocycles. The number of nitrogens with zero attached hydrogens (tertiary/aromatic N) is 3. The van der Waals surface area contributed by atoms with Crippen molar-refractivity contribution in [3.05, 3.63) is 53.9 Å². The molecule has 2 heterocycles. The Morgan fingerprint density at radius 3 is 2.54 bits per heavy atom. The van der Waals surface area contributed by atoms with Gasteiger partial charge in [0.05, 0.1) is 23.0 Å². The number of carbonyl (C=O) groups is 1. The van der Waals surface area contributed by atoms with E-state index in [1.54, 1.807) is 18.6 Å². The Labute approximate surface area is 143 Å². The number of nitrogen functional groups attached to an aromatic ring is 1. The molecule has 1 aromatic carbocycles. The molecule has 3 rings (SSSR count). The molecule has 122 valence electrons. The lowest BCUT2D eigenvalue weighted by atomic mass is 9.89. The molecule has 0 unspecified atom stereocenters. The predicted molar refractivity (Wildman–Crippen MR) is 95.7 cm³/mol. The number of hydrogen-bond acceptors (Lipinski definition) is 6. The van der Waals surface area contributed by atoms with Crippen LogP contribution in [0.2, 0.25) is 0 Å². The maximum atomic E-state index is 12.6. The van der Waals surface area contributed by atoms with Crippen molar-refractivity contribution in [2.75, 3.05) is 11.1 Å². The van der Waals surface area contributed by atoms with Crippen molar-refractivity contribution in [2.45, 2.75) is 19.3 Å². The molecule has 7 heteroatoms. The Balaban J connectivity index is 1.75. The summed E-state index contributed by atoms with van der Waals surface area (Å²) in [5.41, 5.74) is 8.00. The van der Waals surface area contributed by atoms with Gasteiger partial charge < -0.3 is 11.1 Å². The van der Waals surface area contributed by atoms with E-state index in [2.05, 4.69) is 20.3 Å². The lowest BCUT2D eigenvalue weighted by molar-refractivity contribution is -0.120. The van der Waals surface area contributed by atoms with Crippen LogP contribution in [0.25, 0.3) is 11.3 Å². The Kier molecular flexibility index (Phi) is 4.26. The number of thiazole rings is 1. The number of benzene rings is 1. The van der Waals surface area contributed by atoms with Crippen molar-refractivity contribution in [1.82, 2.24) is 15.0 Å². The monoisotopic (exact) mass is 339 g/mol. The Morgan fingerprint density at radius 1 is 1.21 bits per heavy atom. The number of amides is 1. The first-order chi connectivity index (χ1) is 11.5. The van der Waals surface area contributed by atoms with Crippen molar-refractivity contribution in [1.29, 1.82) is 0 Å². The van der Waals surface area contributed by atoms with E-state index in [9.17, 15) is 4.79 Å². The molecule has 0 fully saturated rings. The third-order valence-corrected chi connectivity index (χ3v) is 4.41. The van der Waals surface area contributed by atoms with E-state index in [1.165, 1.54) is 11.3 Å². The number of anilines is 2. The van der Waals surface area contributed by atoms with Crippen LogP contribution in [-0.2, 0) is 10.2 Å². The van der Waals surface area contributed by atoms with Gasteiger partial charge in [-0.15, -0.1) is 11.3 Å². The molecule has 0 atom stereocenters. The first-order valence-electron chi connectivity index (χ1n) is 7.36. The van der Waals surface area contributed by atoms with Crippen molar-refractivity contribution in [2.24, 2.45) is 0 Å². The van der Waals surface area contributed by atoms with Gasteiger partial charge in [-0.05, 0) is 26.0 Å². The summed E-state index contributed by atoms with van der Waals surface area (Å²) in [6.07, 6.45) is 4.97. The van der Waals surface area contributed by atoms with Crippen LogP contribution in [0.4, 0.5) is 10.8 Å². The van der Waals surface area contributed by atoms with Crippen LogP contribution in [-0.4, -0.2) is 20.9 Å². The van der Waals surface area contributed by atoms with Crippen LogP contribution in [0.3, 0.4) is 0 Å². The minimum atomic E-state index is -0.766. The number of nitrogens with one attached hydrogen (secondary N) is 1. The van der Waals surface area contributed by atoms with Crippen LogP contribution < -0.4 is 11.1 Å². The van der Waals surface area contributed by atoms with Crippen LogP contribution >= 0.6 is 11.3 Å². The topological polar surface area (TPSA) is 93.8 Å². The van der Waals surface area contributed by atoms with Crippen LogP contribution in [0.15, 0.2) is 48.2 Å². The molecule has 0 aliphatic rings. The van der Waals surface area contributed by atoms with Gasteiger partial charge in [0.1, 0.15) is 0 Å². The van der Waals surface area contributed by atoms with Gasteiger partial charge in [-0.25, -0.2) is 4.98 Å². The van der Waals surface area contributed by atoms with Gasteiger partial charge in [0.2, 0.25) is 5.91 Å². The summed E-state index contributed by atoms with van der Waals surface area (Å²) in [6.45, 7) is 3.65. The lowest BCUT2D eigenvalue weighted by Gasteiger charge is -2.21. The molecule has 0 spiro atoms. The second-order valence-electron chi connectivity index (χ2n) is 5.82. The summed E-state index contributed by atoms with van der Waals surface area (Å²) >= 11 is 1.33. The maximum Gasteiger partial charge on any atom is 0.236 e. The molecule has 0 aliphatic heterocycles. The highest BCUT2D eigenvalue weighted by atomic mass is 32.1. The van der Waals surface area contributed by atoms with Gasteiger partial charge in [0, 0.05) is 29.0 Å². The first kappa shape index (κ1) is 16.1. The molecule has 6 nitrogen and oxygen atoms in total. The predicted octanol–water partition coefficient (Wildman–Crippen LogP) is 3.10. The number of nitrogens with two attached hydrogens (primary N) is 1. The van der Waals surface area contributed by atoms with Gasteiger partial charge in [-0.1, -0.05) is 12.1 Å². The molecule has 0 saturated heterocycles. The highest BCUT2D eigenvalue weighted by Gasteiger charge is 2.32. The largest absolute Gasteiger partial charge is 0.375 e. The van der Waals surface area contributed by atoms with E-state index in [-0.39, 0.29) is 5.91 Å². The molecular weight excluding hydrogens is 322 g/mol. The van der Waals surface area contributed by atoms with Gasteiger partial charge in [0.15, 0.2) is 5.13 Å². The second kappa shape index (κ2) is 6.37. The highest BCUT2D eigenvalue weighted by Crippen LogP contribution is 2.28. The van der Waals surface area contributed by atoms with E-state index in [0.717, 1.165) is 11.3 Å². The van der Waals surface area contributed by atoms with Crippen molar-refractivity contribution >= 4 is 28.1 Å². The molecule has 0 bridgehead atoms. The zero-order chi connectivity index (χ0) is 17.2. The summed E-state index contributed by atoms with van der Waals surface area (Å²) in [7, 11) is 0. The summed E-state index contributed by atoms with van der Waals surface area (Å²) in [6, 6.07) is 7.47. The molecule has 0 radical (unpaired) electrons. The standard InChI is InChI=1S/C17H17N5OS/c1-17(2,14-10-24-16(18)22-14)15(23)21-12-5-3-11(4-6-12)13-9-19-7-8-20-13/h3-10H,1-2H3,(H2,18,22)(H,21,23).